The molecule has 1 rings (SSSR count). The Kier molecular flexibility index (Phi) is 18.1. The summed E-state index contributed by atoms with van der Waals surface area (Å²) in [5.74, 6) is 0.795. The summed E-state index contributed by atoms with van der Waals surface area (Å²) >= 11 is 0. The second-order valence-corrected chi connectivity index (χ2v) is 8.87. The first-order valence-electron chi connectivity index (χ1n) is 13.0. The number of hydrogen-bond donors (Lipinski definition) is 0. The maximum absolute atomic E-state index is 11.8. The zero-order chi connectivity index (χ0) is 22.4. The van der Waals surface area contributed by atoms with Gasteiger partial charge in [-0.15, -0.1) is 0 Å². The molecule has 0 N–H and O–H groups in total. The average Bonchev–Trinajstić information content (AvgIpc) is 2.79. The van der Waals surface area contributed by atoms with E-state index in [1.165, 1.54) is 89.9 Å². The summed E-state index contributed by atoms with van der Waals surface area (Å²) in [5.41, 5.74) is 1.16. The van der Waals surface area contributed by atoms with Gasteiger partial charge in [-0.25, -0.2) is 0 Å². The molecular formula is C28H48O3. The summed E-state index contributed by atoms with van der Waals surface area (Å²) in [4.78, 5) is 11.8. The molecule has 0 saturated carbocycles. The number of hydrogen-bond acceptors (Lipinski definition) is 3. The van der Waals surface area contributed by atoms with Crippen molar-refractivity contribution in [3.8, 4) is 5.75 Å². The van der Waals surface area contributed by atoms with Crippen LogP contribution in [0.2, 0.25) is 0 Å². The molecule has 0 unspecified atom stereocenters. The Morgan fingerprint density at radius 1 is 0.677 bits per heavy atom. The monoisotopic (exact) mass is 432 g/mol. The van der Waals surface area contributed by atoms with E-state index in [0.29, 0.717) is 13.0 Å². The van der Waals surface area contributed by atoms with Gasteiger partial charge < -0.3 is 9.47 Å². The van der Waals surface area contributed by atoms with Gasteiger partial charge in [0.15, 0.2) is 0 Å². The molecule has 0 aliphatic heterocycles. The maximum atomic E-state index is 11.8. The van der Waals surface area contributed by atoms with Crippen molar-refractivity contribution in [1.29, 1.82) is 0 Å². The lowest BCUT2D eigenvalue weighted by Crippen LogP contribution is -2.07. The van der Waals surface area contributed by atoms with Crippen LogP contribution in [-0.4, -0.2) is 19.7 Å². The smallest absolute Gasteiger partial charge is 0.305 e. The molecule has 0 aromatic heterocycles. The number of carbonyl (C=O) groups excluding carboxylic acids is 1. The predicted octanol–water partition coefficient (Wildman–Crippen LogP) is 8.43. The van der Waals surface area contributed by atoms with E-state index in [1.807, 2.05) is 24.3 Å². The molecule has 3 heteroatoms. The SMILES string of the molecule is CCCCCCCCCCCCCCCCCCC(=O)OCCc1ccc(OC)cc1. The predicted molar refractivity (Wildman–Crippen MR) is 132 cm³/mol. The standard InChI is InChI=1S/C28H48O3/c1-3-4-5-6-7-8-9-10-11-12-13-14-15-16-17-18-19-28(29)31-25-24-26-20-22-27(30-2)23-21-26/h20-23H,3-19,24-25H2,1-2H3. The Morgan fingerprint density at radius 3 is 1.58 bits per heavy atom. The lowest BCUT2D eigenvalue weighted by atomic mass is 10.0. The van der Waals surface area contributed by atoms with Crippen LogP contribution in [0.1, 0.15) is 122 Å². The zero-order valence-corrected chi connectivity index (χ0v) is 20.5. The van der Waals surface area contributed by atoms with Crippen molar-refractivity contribution in [1.82, 2.24) is 0 Å². The first-order chi connectivity index (χ1) is 15.3. The van der Waals surface area contributed by atoms with Crippen molar-refractivity contribution in [2.24, 2.45) is 0 Å². The van der Waals surface area contributed by atoms with Gasteiger partial charge in [0.25, 0.3) is 0 Å². The van der Waals surface area contributed by atoms with Crippen LogP contribution in [0, 0.1) is 0 Å². The Bertz CT molecular complexity index is 524. The Hall–Kier alpha value is -1.51. The van der Waals surface area contributed by atoms with Crippen LogP contribution < -0.4 is 4.74 Å². The molecule has 0 amide bonds. The fourth-order valence-corrected chi connectivity index (χ4v) is 3.96. The molecule has 0 heterocycles. The van der Waals surface area contributed by atoms with Gasteiger partial charge >= 0.3 is 5.97 Å². The molecule has 0 radical (unpaired) electrons. The fraction of sp³-hybridized carbons (Fsp3) is 0.750. The van der Waals surface area contributed by atoms with Crippen LogP contribution in [0.5, 0.6) is 5.75 Å². The third-order valence-electron chi connectivity index (χ3n) is 6.05. The van der Waals surface area contributed by atoms with Crippen LogP contribution in [0.15, 0.2) is 24.3 Å². The number of carbonyl (C=O) groups is 1. The van der Waals surface area contributed by atoms with E-state index >= 15 is 0 Å². The minimum absolute atomic E-state index is 0.0566. The average molecular weight is 433 g/mol. The van der Waals surface area contributed by atoms with E-state index in [9.17, 15) is 4.79 Å². The molecule has 3 nitrogen and oxygen atoms in total. The van der Waals surface area contributed by atoms with Crippen molar-refractivity contribution in [3.05, 3.63) is 29.8 Å². The van der Waals surface area contributed by atoms with Gasteiger partial charge in [0, 0.05) is 12.8 Å². The van der Waals surface area contributed by atoms with E-state index in [1.54, 1.807) is 7.11 Å². The highest BCUT2D eigenvalue weighted by atomic mass is 16.5. The van der Waals surface area contributed by atoms with E-state index in [-0.39, 0.29) is 5.97 Å². The van der Waals surface area contributed by atoms with Crippen LogP contribution in [-0.2, 0) is 16.0 Å². The number of rotatable bonds is 21. The molecule has 0 aliphatic rings. The molecule has 1 aromatic rings. The molecule has 31 heavy (non-hydrogen) atoms. The topological polar surface area (TPSA) is 35.5 Å². The number of methoxy groups -OCH3 is 1. The molecule has 0 bridgehead atoms. The van der Waals surface area contributed by atoms with Crippen molar-refractivity contribution in [3.63, 3.8) is 0 Å². The van der Waals surface area contributed by atoms with Crippen LogP contribution >= 0.6 is 0 Å². The maximum Gasteiger partial charge on any atom is 0.305 e. The highest BCUT2D eigenvalue weighted by Crippen LogP contribution is 2.14. The molecule has 178 valence electrons. The first-order valence-corrected chi connectivity index (χ1v) is 13.0. The van der Waals surface area contributed by atoms with Crippen LogP contribution in [0.4, 0.5) is 0 Å². The van der Waals surface area contributed by atoms with Crippen molar-refractivity contribution in [2.45, 2.75) is 122 Å². The van der Waals surface area contributed by atoms with Gasteiger partial charge in [-0.05, 0) is 24.1 Å². The fourth-order valence-electron chi connectivity index (χ4n) is 3.96. The summed E-state index contributed by atoms with van der Waals surface area (Å²) < 4.78 is 10.5. The summed E-state index contributed by atoms with van der Waals surface area (Å²) in [6, 6.07) is 7.91. The number of unbranched alkanes of at least 4 members (excludes halogenated alkanes) is 15. The minimum atomic E-state index is -0.0566. The summed E-state index contributed by atoms with van der Waals surface area (Å²) in [6.45, 7) is 2.74. The molecule has 1 aromatic carbocycles. The van der Waals surface area contributed by atoms with Gasteiger partial charge in [0.1, 0.15) is 5.75 Å². The lowest BCUT2D eigenvalue weighted by Gasteiger charge is -2.06. The molecule has 0 aliphatic carbocycles. The van der Waals surface area contributed by atoms with Gasteiger partial charge in [-0.2, -0.15) is 0 Å². The first kappa shape index (κ1) is 27.5. The highest BCUT2D eigenvalue weighted by Gasteiger charge is 2.03. The third-order valence-corrected chi connectivity index (χ3v) is 6.05. The highest BCUT2D eigenvalue weighted by molar-refractivity contribution is 5.69. The van der Waals surface area contributed by atoms with E-state index < -0.39 is 0 Å². The lowest BCUT2D eigenvalue weighted by molar-refractivity contribution is -0.143. The number of ether oxygens (including phenoxy) is 2. The normalized spacial score (nSPS) is 10.9. The molecule has 0 fully saturated rings. The largest absolute Gasteiger partial charge is 0.497 e. The zero-order valence-electron chi connectivity index (χ0n) is 20.5. The van der Waals surface area contributed by atoms with Gasteiger partial charge in [0.2, 0.25) is 0 Å². The van der Waals surface area contributed by atoms with Gasteiger partial charge in [0.05, 0.1) is 13.7 Å². The molecule has 0 spiro atoms. The van der Waals surface area contributed by atoms with E-state index in [2.05, 4.69) is 6.92 Å². The van der Waals surface area contributed by atoms with E-state index in [0.717, 1.165) is 30.6 Å². The number of benzene rings is 1. The second-order valence-electron chi connectivity index (χ2n) is 8.87. The Balaban J connectivity index is 1.79. The van der Waals surface area contributed by atoms with Gasteiger partial charge in [-0.1, -0.05) is 115 Å². The van der Waals surface area contributed by atoms with Gasteiger partial charge in [-0.3, -0.25) is 4.79 Å². The molecule has 0 saturated heterocycles. The quantitative estimate of drug-likeness (QED) is 0.144. The van der Waals surface area contributed by atoms with Crippen LogP contribution in [0.3, 0.4) is 0 Å². The van der Waals surface area contributed by atoms with Crippen LogP contribution in [0.25, 0.3) is 0 Å². The molecular weight excluding hydrogens is 384 g/mol. The van der Waals surface area contributed by atoms with Crippen molar-refractivity contribution < 1.29 is 14.3 Å². The molecule has 0 atom stereocenters. The summed E-state index contributed by atoms with van der Waals surface area (Å²) in [7, 11) is 1.66. The Labute approximate surface area is 192 Å². The summed E-state index contributed by atoms with van der Waals surface area (Å²) in [5, 5.41) is 0. The number of esters is 1. The summed E-state index contributed by atoms with van der Waals surface area (Å²) in [6.07, 6.45) is 22.9. The van der Waals surface area contributed by atoms with E-state index in [4.69, 9.17) is 9.47 Å². The van der Waals surface area contributed by atoms with Crippen molar-refractivity contribution in [2.75, 3.05) is 13.7 Å². The third kappa shape index (κ3) is 16.8. The Morgan fingerprint density at radius 2 is 1.13 bits per heavy atom. The van der Waals surface area contributed by atoms with Crippen molar-refractivity contribution >= 4 is 5.97 Å². The minimum Gasteiger partial charge on any atom is -0.497 e. The second kappa shape index (κ2) is 20.4.